The Bertz CT molecular complexity index is 577. The van der Waals surface area contributed by atoms with Gasteiger partial charge in [-0.3, -0.25) is 9.69 Å². The minimum Gasteiger partial charge on any atom is -0.497 e. The summed E-state index contributed by atoms with van der Waals surface area (Å²) in [5, 5.41) is 0. The lowest BCUT2D eigenvalue weighted by molar-refractivity contribution is -0.134. The zero-order valence-corrected chi connectivity index (χ0v) is 15.4. The molecule has 0 spiro atoms. The quantitative estimate of drug-likeness (QED) is 0.751. The van der Waals surface area contributed by atoms with Crippen LogP contribution in [0.2, 0.25) is 0 Å². The highest BCUT2D eigenvalue weighted by molar-refractivity contribution is 5.77. The van der Waals surface area contributed by atoms with Crippen molar-refractivity contribution in [3.05, 3.63) is 24.3 Å². The van der Waals surface area contributed by atoms with Gasteiger partial charge in [0.25, 0.3) is 5.91 Å². The molecule has 0 bridgehead atoms. The Morgan fingerprint density at radius 3 is 2.81 bits per heavy atom. The number of morpholine rings is 1. The summed E-state index contributed by atoms with van der Waals surface area (Å²) in [5.74, 6) is 1.34. The normalized spacial score (nSPS) is 21.9. The maximum absolute atomic E-state index is 12.6. The van der Waals surface area contributed by atoms with E-state index >= 15 is 0 Å². The summed E-state index contributed by atoms with van der Waals surface area (Å²) in [6.07, 6.45) is 0.890. The van der Waals surface area contributed by atoms with Gasteiger partial charge < -0.3 is 23.8 Å². The van der Waals surface area contributed by atoms with Crippen molar-refractivity contribution in [2.24, 2.45) is 0 Å². The van der Waals surface area contributed by atoms with Gasteiger partial charge in [0.2, 0.25) is 0 Å². The lowest BCUT2D eigenvalue weighted by Crippen LogP contribution is -2.46. The van der Waals surface area contributed by atoms with Crippen molar-refractivity contribution < 1.29 is 23.7 Å². The van der Waals surface area contributed by atoms with Gasteiger partial charge in [-0.1, -0.05) is 6.07 Å². The van der Waals surface area contributed by atoms with Crippen molar-refractivity contribution >= 4 is 5.91 Å². The Morgan fingerprint density at radius 2 is 2.00 bits per heavy atom. The molecule has 2 aliphatic rings. The van der Waals surface area contributed by atoms with Gasteiger partial charge >= 0.3 is 0 Å². The first kappa shape index (κ1) is 18.9. The van der Waals surface area contributed by atoms with E-state index in [4.69, 9.17) is 18.9 Å². The van der Waals surface area contributed by atoms with Crippen LogP contribution in [0, 0.1) is 0 Å². The van der Waals surface area contributed by atoms with Crippen LogP contribution in [-0.4, -0.2) is 88.1 Å². The molecule has 2 saturated heterocycles. The lowest BCUT2D eigenvalue weighted by Gasteiger charge is -2.31. The molecule has 3 rings (SSSR count). The molecule has 0 saturated carbocycles. The largest absolute Gasteiger partial charge is 0.497 e. The molecule has 0 unspecified atom stereocenters. The Morgan fingerprint density at radius 1 is 1.19 bits per heavy atom. The summed E-state index contributed by atoms with van der Waals surface area (Å²) in [4.78, 5) is 16.8. The highest BCUT2D eigenvalue weighted by Gasteiger charge is 2.25. The monoisotopic (exact) mass is 364 g/mol. The zero-order valence-electron chi connectivity index (χ0n) is 15.4. The van der Waals surface area contributed by atoms with Crippen LogP contribution in [0.15, 0.2) is 24.3 Å². The van der Waals surface area contributed by atoms with Crippen LogP contribution in [-0.2, 0) is 14.3 Å². The molecule has 0 aliphatic carbocycles. The maximum atomic E-state index is 12.6. The molecule has 1 aromatic carbocycles. The second-order valence-corrected chi connectivity index (χ2v) is 6.57. The summed E-state index contributed by atoms with van der Waals surface area (Å²) in [6, 6.07) is 7.29. The molecule has 1 aromatic rings. The second-order valence-electron chi connectivity index (χ2n) is 6.57. The summed E-state index contributed by atoms with van der Waals surface area (Å²) < 4.78 is 22.2. The topological polar surface area (TPSA) is 60.5 Å². The van der Waals surface area contributed by atoms with Crippen molar-refractivity contribution in [1.29, 1.82) is 0 Å². The van der Waals surface area contributed by atoms with Gasteiger partial charge in [-0.05, 0) is 18.6 Å². The lowest BCUT2D eigenvalue weighted by atomic mass is 10.2. The SMILES string of the molecule is COc1cccc(OCC(=O)N2CCCO[C@H](CN3CCOCC3)C2)c1. The second kappa shape index (κ2) is 9.75. The molecule has 2 heterocycles. The molecule has 7 nitrogen and oxygen atoms in total. The molecular weight excluding hydrogens is 336 g/mol. The smallest absolute Gasteiger partial charge is 0.260 e. The third-order valence-corrected chi connectivity index (χ3v) is 4.67. The van der Waals surface area contributed by atoms with E-state index in [9.17, 15) is 4.79 Å². The van der Waals surface area contributed by atoms with Crippen LogP contribution in [0.4, 0.5) is 0 Å². The molecule has 2 fully saturated rings. The number of hydrogen-bond donors (Lipinski definition) is 0. The first-order valence-electron chi connectivity index (χ1n) is 9.21. The first-order valence-corrected chi connectivity index (χ1v) is 9.21. The number of hydrogen-bond acceptors (Lipinski definition) is 6. The molecule has 0 radical (unpaired) electrons. The predicted octanol–water partition coefficient (Wildman–Crippen LogP) is 1.02. The maximum Gasteiger partial charge on any atom is 0.260 e. The number of methoxy groups -OCH3 is 1. The molecule has 1 atom stereocenters. The van der Waals surface area contributed by atoms with E-state index < -0.39 is 0 Å². The van der Waals surface area contributed by atoms with Crippen molar-refractivity contribution in [3.8, 4) is 11.5 Å². The summed E-state index contributed by atoms with van der Waals surface area (Å²) in [7, 11) is 1.61. The van der Waals surface area contributed by atoms with Crippen molar-refractivity contribution in [2.75, 3.05) is 66.3 Å². The molecular formula is C19H28N2O5. The highest BCUT2D eigenvalue weighted by Crippen LogP contribution is 2.19. The third-order valence-electron chi connectivity index (χ3n) is 4.67. The standard InChI is InChI=1S/C19H28N2O5/c1-23-16-4-2-5-17(12-16)26-15-19(22)21-6-3-9-25-18(14-21)13-20-7-10-24-11-8-20/h2,4-5,12,18H,3,6-11,13-15H2,1H3/t18-/m1/s1. The third kappa shape index (κ3) is 5.59. The Kier molecular flexibility index (Phi) is 7.11. The van der Waals surface area contributed by atoms with Gasteiger partial charge in [-0.2, -0.15) is 0 Å². The van der Waals surface area contributed by atoms with Gasteiger partial charge in [-0.25, -0.2) is 0 Å². The fourth-order valence-electron chi connectivity index (χ4n) is 3.23. The molecule has 144 valence electrons. The van der Waals surface area contributed by atoms with Crippen LogP contribution in [0.5, 0.6) is 11.5 Å². The van der Waals surface area contributed by atoms with E-state index in [2.05, 4.69) is 4.90 Å². The number of amides is 1. The average molecular weight is 364 g/mol. The van der Waals surface area contributed by atoms with Gasteiger partial charge in [0, 0.05) is 45.4 Å². The first-order chi connectivity index (χ1) is 12.7. The van der Waals surface area contributed by atoms with E-state index in [0.29, 0.717) is 31.2 Å². The minimum atomic E-state index is -0.00898. The number of carbonyl (C=O) groups excluding carboxylic acids is 1. The number of benzene rings is 1. The fraction of sp³-hybridized carbons (Fsp3) is 0.632. The van der Waals surface area contributed by atoms with Crippen molar-refractivity contribution in [2.45, 2.75) is 12.5 Å². The highest BCUT2D eigenvalue weighted by atomic mass is 16.5. The Hall–Kier alpha value is -1.83. The minimum absolute atomic E-state index is 0.00898. The van der Waals surface area contributed by atoms with Crippen molar-refractivity contribution in [1.82, 2.24) is 9.80 Å². The van der Waals surface area contributed by atoms with Crippen LogP contribution < -0.4 is 9.47 Å². The summed E-state index contributed by atoms with van der Waals surface area (Å²) in [6.45, 7) is 6.25. The van der Waals surface area contributed by atoms with Gasteiger partial charge in [0.15, 0.2) is 6.61 Å². The average Bonchev–Trinajstić information content (AvgIpc) is 2.93. The number of nitrogens with zero attached hydrogens (tertiary/aromatic N) is 2. The van der Waals surface area contributed by atoms with Crippen LogP contribution in [0.3, 0.4) is 0 Å². The van der Waals surface area contributed by atoms with Gasteiger partial charge in [0.05, 0.1) is 26.4 Å². The summed E-state index contributed by atoms with van der Waals surface area (Å²) >= 11 is 0. The zero-order chi connectivity index (χ0) is 18.2. The number of carbonyl (C=O) groups is 1. The Labute approximate surface area is 154 Å². The van der Waals surface area contributed by atoms with Crippen LogP contribution in [0.25, 0.3) is 0 Å². The summed E-state index contributed by atoms with van der Waals surface area (Å²) in [5.41, 5.74) is 0. The van der Waals surface area contributed by atoms with E-state index in [-0.39, 0.29) is 18.6 Å². The van der Waals surface area contributed by atoms with E-state index in [1.54, 1.807) is 13.2 Å². The molecule has 0 N–H and O–H groups in total. The number of rotatable bonds is 6. The van der Waals surface area contributed by atoms with Crippen molar-refractivity contribution in [3.63, 3.8) is 0 Å². The molecule has 0 aromatic heterocycles. The fourth-order valence-corrected chi connectivity index (χ4v) is 3.23. The van der Waals surface area contributed by atoms with Gasteiger partial charge in [-0.15, -0.1) is 0 Å². The van der Waals surface area contributed by atoms with E-state index in [1.165, 1.54) is 0 Å². The molecule has 2 aliphatic heterocycles. The Balaban J connectivity index is 1.50. The molecule has 7 heteroatoms. The molecule has 1 amide bonds. The number of ether oxygens (including phenoxy) is 4. The van der Waals surface area contributed by atoms with E-state index in [0.717, 1.165) is 39.3 Å². The molecule has 26 heavy (non-hydrogen) atoms. The van der Waals surface area contributed by atoms with Crippen LogP contribution >= 0.6 is 0 Å². The predicted molar refractivity (Wildman–Crippen MR) is 96.7 cm³/mol. The van der Waals surface area contributed by atoms with Gasteiger partial charge in [0.1, 0.15) is 11.5 Å². The van der Waals surface area contributed by atoms with E-state index in [1.807, 2.05) is 23.1 Å². The van der Waals surface area contributed by atoms with Crippen LogP contribution in [0.1, 0.15) is 6.42 Å².